The number of rotatable bonds is 3. The Morgan fingerprint density at radius 2 is 1.77 bits per heavy atom. The molecule has 0 radical (unpaired) electrons. The summed E-state index contributed by atoms with van der Waals surface area (Å²) in [4.78, 5) is 20.7. The SMILES string of the molecule is COC(=O)N1CCN(Cc2cc3cc4c(cc3nc2-c2ccc(F)cc2)OCO4)CC1. The molecule has 2 aliphatic heterocycles. The van der Waals surface area contributed by atoms with Crippen LogP contribution < -0.4 is 9.47 Å². The molecule has 3 aromatic rings. The van der Waals surface area contributed by atoms with Gasteiger partial charge in [0.2, 0.25) is 6.79 Å². The first-order valence-electron chi connectivity index (χ1n) is 10.2. The van der Waals surface area contributed by atoms with Gasteiger partial charge in [0.25, 0.3) is 0 Å². The van der Waals surface area contributed by atoms with Crippen LogP contribution in [0.3, 0.4) is 0 Å². The van der Waals surface area contributed by atoms with E-state index in [-0.39, 0.29) is 18.7 Å². The molecule has 8 heteroatoms. The van der Waals surface area contributed by atoms with Crippen LogP contribution in [0.2, 0.25) is 0 Å². The molecule has 0 spiro atoms. The van der Waals surface area contributed by atoms with Crippen LogP contribution in [0.15, 0.2) is 42.5 Å². The average Bonchev–Trinajstić information content (AvgIpc) is 3.25. The molecule has 2 aromatic carbocycles. The monoisotopic (exact) mass is 423 g/mol. The molecule has 160 valence electrons. The van der Waals surface area contributed by atoms with Crippen molar-refractivity contribution in [3.8, 4) is 22.8 Å². The Bertz CT molecular complexity index is 1130. The van der Waals surface area contributed by atoms with Gasteiger partial charge in [0, 0.05) is 49.7 Å². The van der Waals surface area contributed by atoms with E-state index in [9.17, 15) is 9.18 Å². The first-order valence-corrected chi connectivity index (χ1v) is 10.2. The molecule has 2 aliphatic rings. The number of piperazine rings is 1. The van der Waals surface area contributed by atoms with E-state index in [4.69, 9.17) is 19.2 Å². The zero-order chi connectivity index (χ0) is 21.4. The van der Waals surface area contributed by atoms with Crippen molar-refractivity contribution in [2.45, 2.75) is 6.54 Å². The van der Waals surface area contributed by atoms with Crippen molar-refractivity contribution in [2.75, 3.05) is 40.1 Å². The van der Waals surface area contributed by atoms with E-state index in [1.54, 1.807) is 17.0 Å². The van der Waals surface area contributed by atoms with Crippen molar-refractivity contribution in [1.29, 1.82) is 0 Å². The Hall–Kier alpha value is -3.39. The number of carbonyl (C=O) groups is 1. The number of aromatic nitrogens is 1. The van der Waals surface area contributed by atoms with Crippen LogP contribution in [-0.4, -0.2) is 61.0 Å². The maximum absolute atomic E-state index is 13.5. The van der Waals surface area contributed by atoms with Gasteiger partial charge in [0.15, 0.2) is 11.5 Å². The summed E-state index contributed by atoms with van der Waals surface area (Å²) in [5, 5.41) is 0.957. The molecular weight excluding hydrogens is 401 g/mol. The van der Waals surface area contributed by atoms with Crippen LogP contribution in [0.4, 0.5) is 9.18 Å². The van der Waals surface area contributed by atoms with Crippen molar-refractivity contribution in [1.82, 2.24) is 14.8 Å². The van der Waals surface area contributed by atoms with Gasteiger partial charge < -0.3 is 19.1 Å². The predicted molar refractivity (Wildman–Crippen MR) is 113 cm³/mol. The number of pyridine rings is 1. The summed E-state index contributed by atoms with van der Waals surface area (Å²) in [6, 6.07) is 12.3. The highest BCUT2D eigenvalue weighted by Gasteiger charge is 2.23. The van der Waals surface area contributed by atoms with Crippen molar-refractivity contribution in [3.63, 3.8) is 0 Å². The van der Waals surface area contributed by atoms with Gasteiger partial charge in [-0.15, -0.1) is 0 Å². The lowest BCUT2D eigenvalue weighted by molar-refractivity contribution is 0.0889. The Kier molecular flexibility index (Phi) is 5.07. The second-order valence-electron chi connectivity index (χ2n) is 7.63. The van der Waals surface area contributed by atoms with Gasteiger partial charge in [-0.2, -0.15) is 0 Å². The fourth-order valence-electron chi connectivity index (χ4n) is 4.04. The lowest BCUT2D eigenvalue weighted by atomic mass is 10.0. The summed E-state index contributed by atoms with van der Waals surface area (Å²) in [6.07, 6.45) is -0.296. The summed E-state index contributed by atoms with van der Waals surface area (Å²) in [6.45, 7) is 3.55. The number of hydrogen-bond acceptors (Lipinski definition) is 6. The van der Waals surface area contributed by atoms with Gasteiger partial charge in [-0.05, 0) is 42.0 Å². The number of fused-ring (bicyclic) bond motifs is 2. The molecule has 1 fully saturated rings. The molecule has 0 atom stereocenters. The van der Waals surface area contributed by atoms with Gasteiger partial charge in [-0.1, -0.05) is 0 Å². The number of carbonyl (C=O) groups excluding carboxylic acids is 1. The van der Waals surface area contributed by atoms with E-state index in [2.05, 4.69) is 11.0 Å². The minimum Gasteiger partial charge on any atom is -0.454 e. The van der Waals surface area contributed by atoms with Crippen LogP contribution in [0.25, 0.3) is 22.2 Å². The molecule has 3 heterocycles. The Labute approximate surface area is 178 Å². The van der Waals surface area contributed by atoms with E-state index in [0.717, 1.165) is 40.8 Å². The molecule has 7 nitrogen and oxygen atoms in total. The molecule has 0 aliphatic carbocycles. The van der Waals surface area contributed by atoms with Crippen molar-refractivity contribution >= 4 is 17.0 Å². The van der Waals surface area contributed by atoms with Crippen LogP contribution in [0.5, 0.6) is 11.5 Å². The van der Waals surface area contributed by atoms with Gasteiger partial charge in [-0.25, -0.2) is 14.2 Å². The van der Waals surface area contributed by atoms with Crippen LogP contribution in [-0.2, 0) is 11.3 Å². The third kappa shape index (κ3) is 3.86. The molecule has 0 saturated carbocycles. The first kappa shape index (κ1) is 19.6. The predicted octanol–water partition coefficient (Wildman–Crippen LogP) is 3.65. The fraction of sp³-hybridized carbons (Fsp3) is 0.304. The highest BCUT2D eigenvalue weighted by atomic mass is 19.1. The molecule has 0 unspecified atom stereocenters. The minimum atomic E-state index is -0.296. The minimum absolute atomic E-state index is 0.202. The topological polar surface area (TPSA) is 64.1 Å². The highest BCUT2D eigenvalue weighted by Crippen LogP contribution is 2.37. The number of methoxy groups -OCH3 is 1. The number of ether oxygens (including phenoxy) is 3. The molecule has 0 N–H and O–H groups in total. The van der Waals surface area contributed by atoms with E-state index < -0.39 is 0 Å². The van der Waals surface area contributed by atoms with E-state index in [1.165, 1.54) is 19.2 Å². The van der Waals surface area contributed by atoms with Crippen molar-refractivity contribution in [3.05, 3.63) is 53.8 Å². The lowest BCUT2D eigenvalue weighted by Crippen LogP contribution is -2.48. The molecule has 1 saturated heterocycles. The highest BCUT2D eigenvalue weighted by molar-refractivity contribution is 5.86. The maximum Gasteiger partial charge on any atom is 0.409 e. The first-order chi connectivity index (χ1) is 15.1. The van der Waals surface area contributed by atoms with Gasteiger partial charge in [0.1, 0.15) is 5.82 Å². The van der Waals surface area contributed by atoms with E-state index >= 15 is 0 Å². The van der Waals surface area contributed by atoms with Gasteiger partial charge in [-0.3, -0.25) is 4.90 Å². The summed E-state index contributed by atoms with van der Waals surface area (Å²) in [5.74, 6) is 1.10. The number of amides is 1. The largest absolute Gasteiger partial charge is 0.454 e. The maximum atomic E-state index is 13.5. The van der Waals surface area contributed by atoms with Crippen molar-refractivity contribution in [2.24, 2.45) is 0 Å². The fourth-order valence-corrected chi connectivity index (χ4v) is 4.04. The third-order valence-corrected chi connectivity index (χ3v) is 5.70. The van der Waals surface area contributed by atoms with Crippen LogP contribution >= 0.6 is 0 Å². The van der Waals surface area contributed by atoms with E-state index in [0.29, 0.717) is 31.1 Å². The Morgan fingerprint density at radius 3 is 2.48 bits per heavy atom. The average molecular weight is 423 g/mol. The number of nitrogens with zero attached hydrogens (tertiary/aromatic N) is 3. The molecule has 1 amide bonds. The quantitative estimate of drug-likeness (QED) is 0.641. The number of benzene rings is 2. The summed E-state index contributed by atoms with van der Waals surface area (Å²) in [5.41, 5.74) is 3.48. The summed E-state index contributed by atoms with van der Waals surface area (Å²) < 4.78 is 29.3. The summed E-state index contributed by atoms with van der Waals surface area (Å²) >= 11 is 0. The van der Waals surface area contributed by atoms with Crippen LogP contribution in [0.1, 0.15) is 5.56 Å². The number of halogens is 1. The molecular formula is C23H22FN3O4. The lowest BCUT2D eigenvalue weighted by Gasteiger charge is -2.34. The second kappa shape index (κ2) is 8.03. The zero-order valence-electron chi connectivity index (χ0n) is 17.1. The number of hydrogen-bond donors (Lipinski definition) is 0. The van der Waals surface area contributed by atoms with Gasteiger partial charge >= 0.3 is 6.09 Å². The smallest absolute Gasteiger partial charge is 0.409 e. The van der Waals surface area contributed by atoms with Gasteiger partial charge in [0.05, 0.1) is 18.3 Å². The molecule has 31 heavy (non-hydrogen) atoms. The normalized spacial score (nSPS) is 16.0. The molecule has 0 bridgehead atoms. The molecule has 1 aromatic heterocycles. The molecule has 5 rings (SSSR count). The van der Waals surface area contributed by atoms with E-state index in [1.807, 2.05) is 12.1 Å². The Balaban J connectivity index is 1.49. The van der Waals surface area contributed by atoms with Crippen LogP contribution in [0, 0.1) is 5.82 Å². The standard InChI is InChI=1S/C23H22FN3O4/c1-29-23(28)27-8-6-26(7-9-27)13-17-10-16-11-20-21(31-14-30-20)12-19(16)25-22(17)15-2-4-18(24)5-3-15/h2-5,10-12H,6-9,13-14H2,1H3. The third-order valence-electron chi connectivity index (χ3n) is 5.70. The second-order valence-corrected chi connectivity index (χ2v) is 7.63. The zero-order valence-corrected chi connectivity index (χ0v) is 17.1. The Morgan fingerprint density at radius 1 is 1.06 bits per heavy atom. The van der Waals surface area contributed by atoms with Crippen molar-refractivity contribution < 1.29 is 23.4 Å². The summed E-state index contributed by atoms with van der Waals surface area (Å²) in [7, 11) is 1.40.